The number of nitrogens with zero attached hydrogens (tertiary/aromatic N) is 7. The molecule has 3 heterocycles. The quantitative estimate of drug-likeness (QED) is 0.121. The summed E-state index contributed by atoms with van der Waals surface area (Å²) in [7, 11) is 3.48. The van der Waals surface area contributed by atoms with Gasteiger partial charge in [0.25, 0.3) is 5.56 Å². The molecule has 15 nitrogen and oxygen atoms in total. The van der Waals surface area contributed by atoms with Crippen LogP contribution < -0.4 is 10.9 Å². The van der Waals surface area contributed by atoms with Crippen LogP contribution in [0, 0.1) is 4.91 Å². The van der Waals surface area contributed by atoms with Crippen LogP contribution in [-0.2, 0) is 4.74 Å². The van der Waals surface area contributed by atoms with Crippen molar-refractivity contribution in [3.63, 3.8) is 0 Å². The highest BCUT2D eigenvalue weighted by Crippen LogP contribution is 2.31. The number of ether oxygens (including phenoxy) is 1. The molecule has 0 bridgehead atoms. The maximum absolute atomic E-state index is 12.4. The smallest absolute Gasteiger partial charge is 0.340 e. The van der Waals surface area contributed by atoms with Crippen LogP contribution in [0.1, 0.15) is 6.23 Å². The van der Waals surface area contributed by atoms with Crippen molar-refractivity contribution in [2.75, 3.05) is 33.1 Å². The van der Waals surface area contributed by atoms with E-state index < -0.39 is 42.7 Å². The lowest BCUT2D eigenvalue weighted by atomic mass is 10.1. The van der Waals surface area contributed by atoms with Gasteiger partial charge in [-0.2, -0.15) is 9.99 Å². The van der Waals surface area contributed by atoms with Crippen LogP contribution in [0.2, 0.25) is 0 Å². The number of imidazole rings is 1. The number of H-pyrrole nitrogens is 1. The second-order valence-electron chi connectivity index (χ2n) is 7.03. The maximum Gasteiger partial charge on any atom is 0.340 e. The van der Waals surface area contributed by atoms with Crippen LogP contribution in [0.15, 0.2) is 21.4 Å². The number of amides is 2. The summed E-state index contributed by atoms with van der Waals surface area (Å²) in [5.74, 6) is -0.0463. The second kappa shape index (κ2) is 9.99. The van der Waals surface area contributed by atoms with Crippen molar-refractivity contribution < 1.29 is 19.7 Å². The Morgan fingerprint density at radius 3 is 2.88 bits per heavy atom. The molecule has 1 saturated heterocycles. The zero-order valence-electron chi connectivity index (χ0n) is 17.1. The Labute approximate surface area is 185 Å². The van der Waals surface area contributed by atoms with E-state index in [1.165, 1.54) is 17.2 Å². The number of aliphatic hydroxyl groups excluding tert-OH is 2. The zero-order chi connectivity index (χ0) is 23.4. The third kappa shape index (κ3) is 4.69. The number of fused-ring (bicyclic) bond motifs is 1. The van der Waals surface area contributed by atoms with Crippen LogP contribution in [0.3, 0.4) is 0 Å². The molecule has 0 unspecified atom stereocenters. The van der Waals surface area contributed by atoms with E-state index in [4.69, 9.17) is 16.3 Å². The molecule has 1 aliphatic rings. The fraction of sp³-hybridized carbons (Fsp3) is 0.562. The van der Waals surface area contributed by atoms with E-state index in [0.29, 0.717) is 5.01 Å². The fourth-order valence-electron chi connectivity index (χ4n) is 3.10. The third-order valence-electron chi connectivity index (χ3n) is 4.57. The van der Waals surface area contributed by atoms with Crippen molar-refractivity contribution in [1.29, 1.82) is 0 Å². The molecule has 2 aromatic heterocycles. The van der Waals surface area contributed by atoms with Crippen molar-refractivity contribution >= 4 is 41.1 Å². The van der Waals surface area contributed by atoms with Crippen LogP contribution in [0.4, 0.5) is 10.7 Å². The lowest BCUT2D eigenvalue weighted by molar-refractivity contribution is -0.0440. The van der Waals surface area contributed by atoms with Gasteiger partial charge in [-0.05, 0) is 0 Å². The Morgan fingerprint density at radius 1 is 1.50 bits per heavy atom. The van der Waals surface area contributed by atoms with Crippen molar-refractivity contribution in [3.8, 4) is 0 Å². The predicted molar refractivity (Wildman–Crippen MR) is 113 cm³/mol. The highest BCUT2D eigenvalue weighted by atomic mass is 35.5. The van der Waals surface area contributed by atoms with Crippen molar-refractivity contribution in [1.82, 2.24) is 34.7 Å². The van der Waals surface area contributed by atoms with E-state index in [0.717, 1.165) is 0 Å². The van der Waals surface area contributed by atoms with Gasteiger partial charge in [-0.25, -0.2) is 14.8 Å². The number of halogens is 1. The molecule has 4 N–H and O–H groups in total. The van der Waals surface area contributed by atoms with Crippen molar-refractivity contribution in [2.24, 2.45) is 10.3 Å². The van der Waals surface area contributed by atoms with Gasteiger partial charge in [0, 0.05) is 20.0 Å². The number of rotatable bonds is 8. The van der Waals surface area contributed by atoms with Gasteiger partial charge in [0.15, 0.2) is 17.4 Å². The Morgan fingerprint density at radius 2 is 2.25 bits per heavy atom. The molecule has 0 spiro atoms. The van der Waals surface area contributed by atoms with Crippen molar-refractivity contribution in [3.05, 3.63) is 21.6 Å². The minimum absolute atomic E-state index is 0.00534. The van der Waals surface area contributed by atoms with Gasteiger partial charge in [-0.3, -0.25) is 14.3 Å². The number of carbonyl (C=O) groups is 1. The van der Waals surface area contributed by atoms with E-state index in [1.54, 1.807) is 19.0 Å². The summed E-state index contributed by atoms with van der Waals surface area (Å²) >= 11 is 5.56. The van der Waals surface area contributed by atoms with Crippen LogP contribution in [0.25, 0.3) is 11.2 Å². The molecule has 32 heavy (non-hydrogen) atoms. The predicted octanol–water partition coefficient (Wildman–Crippen LogP) is -1.11. The molecule has 1 fully saturated rings. The number of aromatic nitrogens is 4. The number of alkyl halides is 1. The molecule has 4 atom stereocenters. The standard InChI is InChI=1S/C16H22ClN9O6/c1-24(2)6-19-15-21-12-10(13(29)22-15)18-7-25(12)14-9(11(28)8(5-27)32-14)20-16(30)26(23-31)4-3-17/h6-9,11,14,27-28H,3-5H2,1-2H3,(H,20,30)(H,21,22,29)/b19-6+/t8-,9-,11-,14-/m1/s1. The normalized spacial score (nSPS) is 23.0. The van der Waals surface area contributed by atoms with Gasteiger partial charge in [-0.15, -0.1) is 16.5 Å². The molecule has 2 aromatic rings. The Balaban J connectivity index is 2.00. The van der Waals surface area contributed by atoms with Gasteiger partial charge in [0.1, 0.15) is 18.2 Å². The first-order chi connectivity index (χ1) is 15.3. The highest BCUT2D eigenvalue weighted by Gasteiger charge is 2.46. The minimum Gasteiger partial charge on any atom is -0.394 e. The first-order valence-corrected chi connectivity index (χ1v) is 9.93. The SMILES string of the molecule is CN(C)/C=N/c1nc2c(ncn2[C@@H]2O[C@H](CO)[C@@H](O)[C@H]2NC(=O)N(CCCl)N=O)c(=O)[nH]1. The molecular formula is C16H22ClN9O6. The van der Waals surface area contributed by atoms with Gasteiger partial charge in [-0.1, -0.05) is 0 Å². The monoisotopic (exact) mass is 471 g/mol. The number of carbonyl (C=O) groups excluding carboxylic acids is 1. The van der Waals surface area contributed by atoms with Gasteiger partial charge >= 0.3 is 6.03 Å². The van der Waals surface area contributed by atoms with E-state index in [1.807, 2.05) is 0 Å². The minimum atomic E-state index is -1.36. The largest absolute Gasteiger partial charge is 0.394 e. The average Bonchev–Trinajstić information content (AvgIpc) is 3.32. The Bertz CT molecular complexity index is 1060. The number of aliphatic hydroxyl groups is 2. The van der Waals surface area contributed by atoms with Crippen LogP contribution in [-0.4, -0.2) is 103 Å². The molecule has 1 aliphatic heterocycles. The number of hydrogen-bond acceptors (Lipinski definition) is 10. The zero-order valence-corrected chi connectivity index (χ0v) is 17.9. The van der Waals surface area contributed by atoms with Crippen molar-refractivity contribution in [2.45, 2.75) is 24.5 Å². The first-order valence-electron chi connectivity index (χ1n) is 9.39. The topological polar surface area (TPSA) is 191 Å². The highest BCUT2D eigenvalue weighted by molar-refractivity contribution is 6.18. The number of aromatic amines is 1. The van der Waals surface area contributed by atoms with E-state index in [-0.39, 0.29) is 29.5 Å². The van der Waals surface area contributed by atoms with Gasteiger partial charge in [0.05, 0.1) is 31.1 Å². The van der Waals surface area contributed by atoms with Gasteiger partial charge in [0.2, 0.25) is 5.95 Å². The summed E-state index contributed by atoms with van der Waals surface area (Å²) in [6, 6.07) is -2.07. The summed E-state index contributed by atoms with van der Waals surface area (Å²) in [6.07, 6.45) is -0.869. The van der Waals surface area contributed by atoms with E-state index in [2.05, 4.69) is 30.5 Å². The van der Waals surface area contributed by atoms with E-state index >= 15 is 0 Å². The summed E-state index contributed by atoms with van der Waals surface area (Å²) in [6.45, 7) is -0.715. The lowest BCUT2D eigenvalue weighted by Crippen LogP contribution is -2.50. The Kier molecular flexibility index (Phi) is 7.34. The second-order valence-corrected chi connectivity index (χ2v) is 7.41. The summed E-state index contributed by atoms with van der Waals surface area (Å²) in [5.41, 5.74) is -0.514. The number of aliphatic imine (C=N–C) groups is 1. The molecule has 2 amide bonds. The Hall–Kier alpha value is -3.14. The fourth-order valence-corrected chi connectivity index (χ4v) is 3.26. The van der Waals surface area contributed by atoms with Crippen LogP contribution in [0.5, 0.6) is 0 Å². The number of nitrogens with one attached hydrogen (secondary N) is 2. The molecule has 0 radical (unpaired) electrons. The molecule has 0 saturated carbocycles. The van der Waals surface area contributed by atoms with Crippen LogP contribution >= 0.6 is 11.6 Å². The number of nitroso groups, excluding NO2 is 1. The van der Waals surface area contributed by atoms with E-state index in [9.17, 15) is 24.7 Å². The molecule has 174 valence electrons. The molecular weight excluding hydrogens is 450 g/mol. The number of urea groups is 1. The molecule has 0 aliphatic carbocycles. The lowest BCUT2D eigenvalue weighted by Gasteiger charge is -2.24. The van der Waals surface area contributed by atoms with Gasteiger partial charge < -0.3 is 25.2 Å². The summed E-state index contributed by atoms with van der Waals surface area (Å²) < 4.78 is 7.02. The molecule has 0 aromatic carbocycles. The average molecular weight is 472 g/mol. The molecule has 16 heteroatoms. The summed E-state index contributed by atoms with van der Waals surface area (Å²) in [5, 5.41) is 25.7. The third-order valence-corrected chi connectivity index (χ3v) is 4.74. The maximum atomic E-state index is 12.4. The first kappa shape index (κ1) is 23.5. The molecule has 3 rings (SSSR count). The summed E-state index contributed by atoms with van der Waals surface area (Å²) in [4.78, 5) is 52.2. The number of hydrogen-bond donors (Lipinski definition) is 4.